The van der Waals surface area contributed by atoms with Crippen LogP contribution in [0.25, 0.3) is 0 Å². The standard InChI is InChI=1S/C10H17F2N3O/c1-3-15-8(4-7(2)14-15)5-13-6-9(16)10(11)12/h4,9-10,13,16H,3,5-6H2,1-2H3. The van der Waals surface area contributed by atoms with E-state index >= 15 is 0 Å². The lowest BCUT2D eigenvalue weighted by atomic mass is 10.3. The van der Waals surface area contributed by atoms with E-state index in [0.717, 1.165) is 17.9 Å². The zero-order valence-corrected chi connectivity index (χ0v) is 9.45. The Morgan fingerprint density at radius 3 is 2.81 bits per heavy atom. The number of nitrogens with zero attached hydrogens (tertiary/aromatic N) is 2. The largest absolute Gasteiger partial charge is 0.386 e. The van der Waals surface area contributed by atoms with Gasteiger partial charge in [-0.05, 0) is 19.9 Å². The van der Waals surface area contributed by atoms with Crippen molar-refractivity contribution in [2.24, 2.45) is 0 Å². The van der Waals surface area contributed by atoms with Gasteiger partial charge in [-0.2, -0.15) is 5.10 Å². The van der Waals surface area contributed by atoms with Gasteiger partial charge in [-0.3, -0.25) is 4.68 Å². The summed E-state index contributed by atoms with van der Waals surface area (Å²) in [6, 6.07) is 1.89. The predicted molar refractivity (Wildman–Crippen MR) is 56.4 cm³/mol. The highest BCUT2D eigenvalue weighted by molar-refractivity contribution is 5.08. The second kappa shape index (κ2) is 5.91. The van der Waals surface area contributed by atoms with Crippen LogP contribution in [0.1, 0.15) is 18.3 Å². The van der Waals surface area contributed by atoms with Crippen molar-refractivity contribution < 1.29 is 13.9 Å². The highest BCUT2D eigenvalue weighted by Gasteiger charge is 2.16. The van der Waals surface area contributed by atoms with Crippen LogP contribution in [0, 0.1) is 6.92 Å². The maximum Gasteiger partial charge on any atom is 0.265 e. The number of halogens is 2. The lowest BCUT2D eigenvalue weighted by Gasteiger charge is -2.11. The number of alkyl halides is 2. The molecule has 1 rings (SSSR count). The molecule has 0 spiro atoms. The number of hydrogen-bond acceptors (Lipinski definition) is 3. The average Bonchev–Trinajstić information content (AvgIpc) is 2.58. The maximum absolute atomic E-state index is 12.0. The predicted octanol–water partition coefficient (Wildman–Crippen LogP) is 0.927. The van der Waals surface area contributed by atoms with Gasteiger partial charge in [-0.15, -0.1) is 0 Å². The molecular weight excluding hydrogens is 216 g/mol. The highest BCUT2D eigenvalue weighted by Crippen LogP contribution is 2.04. The fourth-order valence-electron chi connectivity index (χ4n) is 1.45. The Labute approximate surface area is 93.3 Å². The molecule has 0 saturated heterocycles. The number of aromatic nitrogens is 2. The summed E-state index contributed by atoms with van der Waals surface area (Å²) in [6.45, 7) is 4.89. The van der Waals surface area contributed by atoms with E-state index in [-0.39, 0.29) is 6.54 Å². The van der Waals surface area contributed by atoms with Crippen molar-refractivity contribution in [2.75, 3.05) is 6.54 Å². The van der Waals surface area contributed by atoms with Gasteiger partial charge in [0.2, 0.25) is 0 Å². The summed E-state index contributed by atoms with van der Waals surface area (Å²) >= 11 is 0. The van der Waals surface area contributed by atoms with E-state index < -0.39 is 12.5 Å². The summed E-state index contributed by atoms with van der Waals surface area (Å²) < 4.78 is 25.8. The lowest BCUT2D eigenvalue weighted by Crippen LogP contribution is -2.32. The van der Waals surface area contributed by atoms with Gasteiger partial charge in [0.05, 0.1) is 11.4 Å². The molecule has 4 nitrogen and oxygen atoms in total. The Morgan fingerprint density at radius 1 is 1.56 bits per heavy atom. The molecule has 0 amide bonds. The van der Waals surface area contributed by atoms with E-state index in [1.807, 2.05) is 19.9 Å². The molecule has 1 aromatic heterocycles. The van der Waals surface area contributed by atoms with Crippen LogP contribution in [0.15, 0.2) is 6.07 Å². The van der Waals surface area contributed by atoms with Crippen LogP contribution >= 0.6 is 0 Å². The number of aryl methyl sites for hydroxylation is 2. The van der Waals surface area contributed by atoms with Gasteiger partial charge in [-0.25, -0.2) is 8.78 Å². The normalized spacial score (nSPS) is 13.4. The van der Waals surface area contributed by atoms with Crippen LogP contribution < -0.4 is 5.32 Å². The zero-order chi connectivity index (χ0) is 12.1. The second-order valence-electron chi connectivity index (χ2n) is 3.63. The topological polar surface area (TPSA) is 50.1 Å². The van der Waals surface area contributed by atoms with Crippen molar-refractivity contribution in [3.05, 3.63) is 17.5 Å². The Kier molecular flexibility index (Phi) is 4.82. The van der Waals surface area contributed by atoms with Gasteiger partial charge in [0.1, 0.15) is 6.10 Å². The molecule has 0 aromatic carbocycles. The number of rotatable bonds is 6. The molecule has 1 heterocycles. The van der Waals surface area contributed by atoms with Gasteiger partial charge >= 0.3 is 0 Å². The van der Waals surface area contributed by atoms with Crippen LogP contribution in [-0.4, -0.2) is 34.0 Å². The maximum atomic E-state index is 12.0. The van der Waals surface area contributed by atoms with Gasteiger partial charge in [0.25, 0.3) is 6.43 Å². The fraction of sp³-hybridized carbons (Fsp3) is 0.700. The summed E-state index contributed by atoms with van der Waals surface area (Å²) in [7, 11) is 0. The monoisotopic (exact) mass is 233 g/mol. The van der Waals surface area contributed by atoms with Crippen LogP contribution in [0.3, 0.4) is 0 Å². The third kappa shape index (κ3) is 3.53. The molecule has 16 heavy (non-hydrogen) atoms. The fourth-order valence-corrected chi connectivity index (χ4v) is 1.45. The van der Waals surface area contributed by atoms with E-state index in [2.05, 4.69) is 10.4 Å². The van der Waals surface area contributed by atoms with Gasteiger partial charge in [0.15, 0.2) is 0 Å². The number of nitrogens with one attached hydrogen (secondary N) is 1. The highest BCUT2D eigenvalue weighted by atomic mass is 19.3. The SMILES string of the molecule is CCn1nc(C)cc1CNCC(O)C(F)F. The minimum atomic E-state index is -2.70. The molecule has 0 aliphatic heterocycles. The molecule has 1 atom stereocenters. The zero-order valence-electron chi connectivity index (χ0n) is 9.45. The minimum absolute atomic E-state index is 0.119. The van der Waals surface area contributed by atoms with Crippen LogP contribution in [0.5, 0.6) is 0 Å². The molecule has 0 fully saturated rings. The van der Waals surface area contributed by atoms with Crippen molar-refractivity contribution in [3.8, 4) is 0 Å². The number of aliphatic hydroxyl groups excluding tert-OH is 1. The van der Waals surface area contributed by atoms with Crippen LogP contribution in [0.4, 0.5) is 8.78 Å². The first kappa shape index (κ1) is 13.1. The van der Waals surface area contributed by atoms with E-state index in [9.17, 15) is 8.78 Å². The molecule has 0 bridgehead atoms. The molecule has 0 radical (unpaired) electrons. The van der Waals surface area contributed by atoms with Crippen molar-refractivity contribution in [2.45, 2.75) is 39.5 Å². The Balaban J connectivity index is 2.42. The number of aliphatic hydroxyl groups is 1. The smallest absolute Gasteiger partial charge is 0.265 e. The third-order valence-electron chi connectivity index (χ3n) is 2.24. The summed E-state index contributed by atoms with van der Waals surface area (Å²) in [6.07, 6.45) is -4.32. The molecule has 2 N–H and O–H groups in total. The first-order valence-corrected chi connectivity index (χ1v) is 5.24. The van der Waals surface area contributed by atoms with E-state index in [1.54, 1.807) is 4.68 Å². The summed E-state index contributed by atoms with van der Waals surface area (Å²) in [5, 5.41) is 15.9. The molecule has 6 heteroatoms. The minimum Gasteiger partial charge on any atom is -0.386 e. The molecular formula is C10H17F2N3O. The third-order valence-corrected chi connectivity index (χ3v) is 2.24. The molecule has 1 unspecified atom stereocenters. The Bertz CT molecular complexity index is 328. The van der Waals surface area contributed by atoms with Gasteiger partial charge in [0, 0.05) is 19.6 Å². The Morgan fingerprint density at radius 2 is 2.25 bits per heavy atom. The molecule has 92 valence electrons. The quantitative estimate of drug-likeness (QED) is 0.768. The average molecular weight is 233 g/mol. The van der Waals surface area contributed by atoms with Gasteiger partial charge < -0.3 is 10.4 Å². The summed E-state index contributed by atoms with van der Waals surface area (Å²) in [5.41, 5.74) is 1.83. The van der Waals surface area contributed by atoms with Crippen LogP contribution in [-0.2, 0) is 13.1 Å². The summed E-state index contributed by atoms with van der Waals surface area (Å²) in [5.74, 6) is 0. The van der Waals surface area contributed by atoms with Gasteiger partial charge in [-0.1, -0.05) is 0 Å². The molecule has 0 saturated carbocycles. The van der Waals surface area contributed by atoms with E-state index in [1.165, 1.54) is 0 Å². The van der Waals surface area contributed by atoms with Crippen molar-refractivity contribution in [1.82, 2.24) is 15.1 Å². The summed E-state index contributed by atoms with van der Waals surface area (Å²) in [4.78, 5) is 0. The molecule has 1 aromatic rings. The van der Waals surface area contributed by atoms with Crippen molar-refractivity contribution >= 4 is 0 Å². The molecule has 0 aliphatic carbocycles. The Hall–Kier alpha value is -1.01. The number of hydrogen-bond donors (Lipinski definition) is 2. The first-order chi connectivity index (χ1) is 7.54. The molecule has 0 aliphatic rings. The van der Waals surface area contributed by atoms with Crippen molar-refractivity contribution in [1.29, 1.82) is 0 Å². The van der Waals surface area contributed by atoms with Crippen molar-refractivity contribution in [3.63, 3.8) is 0 Å². The van der Waals surface area contributed by atoms with E-state index in [4.69, 9.17) is 5.11 Å². The van der Waals surface area contributed by atoms with Crippen LogP contribution in [0.2, 0.25) is 0 Å². The lowest BCUT2D eigenvalue weighted by molar-refractivity contribution is -0.00348. The first-order valence-electron chi connectivity index (χ1n) is 5.24. The second-order valence-corrected chi connectivity index (χ2v) is 3.63. The van der Waals surface area contributed by atoms with E-state index in [0.29, 0.717) is 6.54 Å².